The maximum absolute atomic E-state index is 6.22. The number of nitrogens with one attached hydrogen (secondary N) is 1. The van der Waals surface area contributed by atoms with Gasteiger partial charge in [-0.2, -0.15) is 0 Å². The Bertz CT molecular complexity index is 538. The molecule has 3 atom stereocenters. The van der Waals surface area contributed by atoms with Crippen molar-refractivity contribution in [2.24, 2.45) is 5.73 Å². The fraction of sp³-hybridized carbons (Fsp3) is 0.368. The molecular formula is C19H24N2. The Labute approximate surface area is 127 Å². The summed E-state index contributed by atoms with van der Waals surface area (Å²) in [6, 6.07) is 22.2. The Hall–Kier alpha value is -1.64. The van der Waals surface area contributed by atoms with Gasteiger partial charge in [-0.1, -0.05) is 60.7 Å². The minimum Gasteiger partial charge on any atom is -0.327 e. The highest BCUT2D eigenvalue weighted by atomic mass is 15.0. The normalized spacial score (nSPS) is 22.0. The molecule has 0 aromatic heterocycles. The number of nitrogens with two attached hydrogens (primary N) is 1. The monoisotopic (exact) mass is 280 g/mol. The van der Waals surface area contributed by atoms with Crippen LogP contribution in [0.2, 0.25) is 0 Å². The van der Waals surface area contributed by atoms with Crippen molar-refractivity contribution in [3.05, 3.63) is 71.8 Å². The SMILES string of the molecule is NC(CCc1ccccc1)CNC1CC1c1ccccc1. The van der Waals surface area contributed by atoms with E-state index < -0.39 is 0 Å². The minimum absolute atomic E-state index is 0.238. The van der Waals surface area contributed by atoms with Crippen LogP contribution in [0, 0.1) is 0 Å². The molecule has 1 aliphatic rings. The number of hydrogen-bond donors (Lipinski definition) is 2. The second kappa shape index (κ2) is 6.88. The summed E-state index contributed by atoms with van der Waals surface area (Å²) in [5.74, 6) is 0.688. The zero-order valence-corrected chi connectivity index (χ0v) is 12.4. The zero-order chi connectivity index (χ0) is 14.5. The van der Waals surface area contributed by atoms with E-state index in [-0.39, 0.29) is 6.04 Å². The molecule has 0 amide bonds. The van der Waals surface area contributed by atoms with E-state index in [1.807, 2.05) is 0 Å². The molecule has 0 bridgehead atoms. The highest BCUT2D eigenvalue weighted by Gasteiger charge is 2.37. The lowest BCUT2D eigenvalue weighted by molar-refractivity contribution is 0.538. The van der Waals surface area contributed by atoms with Gasteiger partial charge in [-0.3, -0.25) is 0 Å². The van der Waals surface area contributed by atoms with Gasteiger partial charge in [-0.05, 0) is 30.4 Å². The average Bonchev–Trinajstić information content (AvgIpc) is 3.32. The highest BCUT2D eigenvalue weighted by molar-refractivity contribution is 5.27. The summed E-state index contributed by atoms with van der Waals surface area (Å²) < 4.78 is 0. The standard InChI is InChI=1S/C19H24N2/c20-17(12-11-15-7-3-1-4-8-15)14-21-19-13-18(19)16-9-5-2-6-10-16/h1-10,17-19,21H,11-14,20H2. The third-order valence-electron chi connectivity index (χ3n) is 4.31. The lowest BCUT2D eigenvalue weighted by atomic mass is 10.1. The Balaban J connectivity index is 1.36. The number of hydrogen-bond acceptors (Lipinski definition) is 2. The number of aryl methyl sites for hydroxylation is 1. The van der Waals surface area contributed by atoms with E-state index in [2.05, 4.69) is 66.0 Å². The summed E-state index contributed by atoms with van der Waals surface area (Å²) in [6.07, 6.45) is 3.35. The molecule has 2 aromatic carbocycles. The van der Waals surface area contributed by atoms with Crippen LogP contribution >= 0.6 is 0 Å². The van der Waals surface area contributed by atoms with Gasteiger partial charge in [0.15, 0.2) is 0 Å². The molecule has 0 radical (unpaired) electrons. The summed E-state index contributed by atoms with van der Waals surface area (Å²) >= 11 is 0. The highest BCUT2D eigenvalue weighted by Crippen LogP contribution is 2.40. The average molecular weight is 280 g/mol. The Morgan fingerprint density at radius 1 is 1.00 bits per heavy atom. The van der Waals surface area contributed by atoms with Crippen LogP contribution in [0.1, 0.15) is 29.9 Å². The van der Waals surface area contributed by atoms with Crippen molar-refractivity contribution in [2.45, 2.75) is 37.3 Å². The van der Waals surface area contributed by atoms with E-state index in [9.17, 15) is 0 Å². The van der Waals surface area contributed by atoms with Crippen LogP contribution in [0.5, 0.6) is 0 Å². The van der Waals surface area contributed by atoms with Gasteiger partial charge < -0.3 is 11.1 Å². The molecule has 0 aliphatic heterocycles. The first-order chi connectivity index (χ1) is 10.3. The van der Waals surface area contributed by atoms with Crippen molar-refractivity contribution in [2.75, 3.05) is 6.54 Å². The van der Waals surface area contributed by atoms with Gasteiger partial charge in [0, 0.05) is 24.5 Å². The van der Waals surface area contributed by atoms with Crippen LogP contribution in [-0.2, 0) is 6.42 Å². The Morgan fingerprint density at radius 3 is 2.38 bits per heavy atom. The van der Waals surface area contributed by atoms with Crippen molar-refractivity contribution >= 4 is 0 Å². The molecule has 0 spiro atoms. The maximum Gasteiger partial charge on any atom is 0.0168 e. The first-order valence-corrected chi connectivity index (χ1v) is 7.91. The second-order valence-corrected chi connectivity index (χ2v) is 6.05. The van der Waals surface area contributed by atoms with Crippen LogP contribution in [0.4, 0.5) is 0 Å². The third-order valence-corrected chi connectivity index (χ3v) is 4.31. The Kier molecular flexibility index (Phi) is 4.69. The van der Waals surface area contributed by atoms with Crippen molar-refractivity contribution in [1.29, 1.82) is 0 Å². The van der Waals surface area contributed by atoms with Crippen LogP contribution in [-0.4, -0.2) is 18.6 Å². The molecule has 1 fully saturated rings. The minimum atomic E-state index is 0.238. The molecule has 3 N–H and O–H groups in total. The second-order valence-electron chi connectivity index (χ2n) is 6.05. The fourth-order valence-corrected chi connectivity index (χ4v) is 2.89. The molecule has 21 heavy (non-hydrogen) atoms. The van der Waals surface area contributed by atoms with E-state index >= 15 is 0 Å². The quantitative estimate of drug-likeness (QED) is 0.818. The van der Waals surface area contributed by atoms with Crippen LogP contribution in [0.25, 0.3) is 0 Å². The van der Waals surface area contributed by atoms with Gasteiger partial charge in [0.25, 0.3) is 0 Å². The molecule has 0 saturated heterocycles. The molecule has 2 nitrogen and oxygen atoms in total. The van der Waals surface area contributed by atoms with E-state index in [4.69, 9.17) is 5.73 Å². The largest absolute Gasteiger partial charge is 0.327 e. The smallest absolute Gasteiger partial charge is 0.0168 e. The van der Waals surface area contributed by atoms with Crippen LogP contribution in [0.3, 0.4) is 0 Å². The summed E-state index contributed by atoms with van der Waals surface area (Å²) in [5, 5.41) is 3.62. The van der Waals surface area contributed by atoms with Gasteiger partial charge in [0.05, 0.1) is 0 Å². The molecule has 2 heteroatoms. The van der Waals surface area contributed by atoms with Crippen LogP contribution in [0.15, 0.2) is 60.7 Å². The van der Waals surface area contributed by atoms with E-state index in [1.165, 1.54) is 17.5 Å². The van der Waals surface area contributed by atoms with E-state index in [0.717, 1.165) is 19.4 Å². The first-order valence-electron chi connectivity index (χ1n) is 7.91. The lowest BCUT2D eigenvalue weighted by Crippen LogP contribution is -2.35. The molecule has 1 saturated carbocycles. The summed E-state index contributed by atoms with van der Waals surface area (Å²) in [7, 11) is 0. The topological polar surface area (TPSA) is 38.0 Å². The predicted octanol–water partition coefficient (Wildman–Crippen LogP) is 3.09. The van der Waals surface area contributed by atoms with Gasteiger partial charge in [0.1, 0.15) is 0 Å². The Morgan fingerprint density at radius 2 is 1.67 bits per heavy atom. The van der Waals surface area contributed by atoms with Crippen molar-refractivity contribution < 1.29 is 0 Å². The van der Waals surface area contributed by atoms with Gasteiger partial charge in [0.2, 0.25) is 0 Å². The molecule has 2 aromatic rings. The maximum atomic E-state index is 6.22. The molecule has 3 rings (SSSR count). The molecule has 110 valence electrons. The van der Waals surface area contributed by atoms with Gasteiger partial charge in [-0.25, -0.2) is 0 Å². The predicted molar refractivity (Wildman–Crippen MR) is 88.3 cm³/mol. The van der Waals surface area contributed by atoms with E-state index in [0.29, 0.717) is 12.0 Å². The molecule has 0 heterocycles. The molecular weight excluding hydrogens is 256 g/mol. The zero-order valence-electron chi connectivity index (χ0n) is 12.4. The fourth-order valence-electron chi connectivity index (χ4n) is 2.89. The summed E-state index contributed by atoms with van der Waals surface area (Å²) in [6.45, 7) is 0.917. The molecule has 3 unspecified atom stereocenters. The van der Waals surface area contributed by atoms with Crippen molar-refractivity contribution in [3.8, 4) is 0 Å². The summed E-state index contributed by atoms with van der Waals surface area (Å²) in [5.41, 5.74) is 9.05. The number of rotatable bonds is 7. The summed E-state index contributed by atoms with van der Waals surface area (Å²) in [4.78, 5) is 0. The lowest BCUT2D eigenvalue weighted by Gasteiger charge is -2.13. The molecule has 1 aliphatic carbocycles. The number of benzene rings is 2. The first kappa shape index (κ1) is 14.3. The van der Waals surface area contributed by atoms with Crippen LogP contribution < -0.4 is 11.1 Å². The van der Waals surface area contributed by atoms with Crippen molar-refractivity contribution in [1.82, 2.24) is 5.32 Å². The van der Waals surface area contributed by atoms with E-state index in [1.54, 1.807) is 0 Å². The third kappa shape index (κ3) is 4.16. The van der Waals surface area contributed by atoms with Crippen molar-refractivity contribution in [3.63, 3.8) is 0 Å². The van der Waals surface area contributed by atoms with Gasteiger partial charge >= 0.3 is 0 Å². The van der Waals surface area contributed by atoms with Gasteiger partial charge in [-0.15, -0.1) is 0 Å².